The summed E-state index contributed by atoms with van der Waals surface area (Å²) in [6, 6.07) is 21.1. The Labute approximate surface area is 250 Å². The van der Waals surface area contributed by atoms with Gasteiger partial charge in [-0.25, -0.2) is 23.4 Å². The first-order valence-electron chi connectivity index (χ1n) is 14.1. The minimum absolute atomic E-state index is 0.0212. The molecule has 3 heterocycles. The molecule has 12 heteroatoms. The maximum absolute atomic E-state index is 13.0. The third kappa shape index (κ3) is 7.10. The number of ether oxygens (including phenoxy) is 1. The molecule has 1 aliphatic heterocycles. The number of rotatable bonds is 11. The Bertz CT molecular complexity index is 1710. The van der Waals surface area contributed by atoms with Crippen LogP contribution in [-0.4, -0.2) is 57.8 Å². The zero-order valence-electron chi connectivity index (χ0n) is 24.2. The van der Waals surface area contributed by atoms with Gasteiger partial charge in [-0.1, -0.05) is 59.8 Å². The molecular formula is C31H35N5O6S. The van der Waals surface area contributed by atoms with Crippen LogP contribution in [-0.2, 0) is 37.3 Å². The first-order valence-corrected chi connectivity index (χ1v) is 16.0. The fraction of sp³-hybridized carbons (Fsp3) is 0.355. The molecule has 1 aliphatic rings. The summed E-state index contributed by atoms with van der Waals surface area (Å²) >= 11 is 0. The first kappa shape index (κ1) is 30.3. The fourth-order valence-corrected chi connectivity index (χ4v) is 5.73. The lowest BCUT2D eigenvalue weighted by atomic mass is 10.0. The lowest BCUT2D eigenvalue weighted by molar-refractivity contribution is -0.201. The molecular weight excluding hydrogens is 570 g/mol. The minimum Gasteiger partial charge on any atom is -0.350 e. The van der Waals surface area contributed by atoms with Gasteiger partial charge in [0.15, 0.2) is 20.9 Å². The van der Waals surface area contributed by atoms with Crippen molar-refractivity contribution in [3.05, 3.63) is 95.0 Å². The van der Waals surface area contributed by atoms with Gasteiger partial charge in [-0.2, -0.15) is 0 Å². The number of pyridine rings is 1. The number of nitrogens with zero attached hydrogens (tertiary/aromatic N) is 4. The summed E-state index contributed by atoms with van der Waals surface area (Å²) in [6.07, 6.45) is 6.01. The van der Waals surface area contributed by atoms with Crippen molar-refractivity contribution in [1.82, 2.24) is 25.0 Å². The molecule has 11 nitrogen and oxygen atoms in total. The van der Waals surface area contributed by atoms with Crippen molar-refractivity contribution in [2.24, 2.45) is 0 Å². The molecule has 0 spiro atoms. The molecule has 2 atom stereocenters. The topological polar surface area (TPSA) is 134 Å². The summed E-state index contributed by atoms with van der Waals surface area (Å²) in [5, 5.41) is 8.31. The minimum atomic E-state index is -3.85. The van der Waals surface area contributed by atoms with E-state index in [4.69, 9.17) is 9.57 Å². The third-order valence-corrected chi connectivity index (χ3v) is 9.88. The highest BCUT2D eigenvalue weighted by atomic mass is 32.2. The van der Waals surface area contributed by atoms with Crippen LogP contribution in [0.25, 0.3) is 22.4 Å². The number of aromatic nitrogens is 4. The van der Waals surface area contributed by atoms with Crippen molar-refractivity contribution in [1.29, 1.82) is 0 Å². The van der Waals surface area contributed by atoms with Crippen LogP contribution in [0.3, 0.4) is 0 Å². The van der Waals surface area contributed by atoms with E-state index in [1.165, 1.54) is 17.6 Å². The fourth-order valence-electron chi connectivity index (χ4n) is 4.89. The van der Waals surface area contributed by atoms with E-state index in [0.29, 0.717) is 25.1 Å². The van der Waals surface area contributed by atoms with Gasteiger partial charge >= 0.3 is 0 Å². The second-order valence-electron chi connectivity index (χ2n) is 10.9. The molecule has 4 aromatic rings. The normalized spacial score (nSPS) is 16.8. The molecule has 2 unspecified atom stereocenters. The average molecular weight is 606 g/mol. The molecule has 0 saturated carbocycles. The number of carbonyl (C=O) groups excluding carboxylic acids is 1. The van der Waals surface area contributed by atoms with Crippen LogP contribution in [0, 0.1) is 0 Å². The summed E-state index contributed by atoms with van der Waals surface area (Å²) in [6.45, 7) is 2.47. The average Bonchev–Trinajstić information content (AvgIpc) is 3.47. The van der Waals surface area contributed by atoms with E-state index in [-0.39, 0.29) is 18.5 Å². The summed E-state index contributed by atoms with van der Waals surface area (Å²) < 4.78 is 32.2. The lowest BCUT2D eigenvalue weighted by Crippen LogP contribution is -2.51. The maximum atomic E-state index is 13.0. The van der Waals surface area contributed by atoms with Crippen molar-refractivity contribution in [3.63, 3.8) is 0 Å². The van der Waals surface area contributed by atoms with Crippen LogP contribution in [0.2, 0.25) is 0 Å². The molecule has 5 rings (SSSR count). The van der Waals surface area contributed by atoms with Crippen molar-refractivity contribution in [3.8, 4) is 22.4 Å². The second kappa shape index (κ2) is 13.0. The van der Waals surface area contributed by atoms with E-state index in [0.717, 1.165) is 41.5 Å². The van der Waals surface area contributed by atoms with Gasteiger partial charge in [0.25, 0.3) is 11.5 Å². The maximum Gasteiger partial charge on any atom is 0.264 e. The predicted octanol–water partition coefficient (Wildman–Crippen LogP) is 3.59. The van der Waals surface area contributed by atoms with Gasteiger partial charge in [-0.05, 0) is 48.9 Å². The van der Waals surface area contributed by atoms with Gasteiger partial charge in [0, 0.05) is 43.7 Å². The summed E-state index contributed by atoms with van der Waals surface area (Å²) in [4.78, 5) is 31.3. The van der Waals surface area contributed by atoms with Crippen LogP contribution in [0.4, 0.5) is 0 Å². The van der Waals surface area contributed by atoms with Gasteiger partial charge < -0.3 is 9.30 Å². The number of carbonyl (C=O) groups is 1. The van der Waals surface area contributed by atoms with Crippen LogP contribution >= 0.6 is 0 Å². The van der Waals surface area contributed by atoms with E-state index < -0.39 is 26.8 Å². The van der Waals surface area contributed by atoms with E-state index in [2.05, 4.69) is 15.8 Å². The molecule has 0 bridgehead atoms. The number of amides is 1. The third-order valence-electron chi connectivity index (χ3n) is 7.85. The van der Waals surface area contributed by atoms with Gasteiger partial charge in [-0.15, -0.1) is 5.10 Å². The number of benzene rings is 2. The Morgan fingerprint density at radius 1 is 1.07 bits per heavy atom. The van der Waals surface area contributed by atoms with Crippen molar-refractivity contribution in [2.45, 2.75) is 56.7 Å². The molecule has 0 aliphatic carbocycles. The van der Waals surface area contributed by atoms with Crippen molar-refractivity contribution < 1.29 is 22.8 Å². The van der Waals surface area contributed by atoms with Gasteiger partial charge in [0.1, 0.15) is 0 Å². The van der Waals surface area contributed by atoms with Gasteiger partial charge in [0.2, 0.25) is 0 Å². The van der Waals surface area contributed by atoms with Crippen LogP contribution in [0.1, 0.15) is 38.2 Å². The van der Waals surface area contributed by atoms with Crippen LogP contribution in [0.5, 0.6) is 0 Å². The number of hydroxylamine groups is 1. The molecule has 2 aromatic heterocycles. The summed E-state index contributed by atoms with van der Waals surface area (Å²) in [7, 11) is -3.85. The Balaban J connectivity index is 1.26. The molecule has 0 radical (unpaired) electrons. The smallest absolute Gasteiger partial charge is 0.264 e. The largest absolute Gasteiger partial charge is 0.350 e. The quantitative estimate of drug-likeness (QED) is 0.257. The van der Waals surface area contributed by atoms with Crippen molar-refractivity contribution in [2.75, 3.05) is 12.9 Å². The number of hydrogen-bond acceptors (Lipinski definition) is 8. The molecule has 226 valence electrons. The molecule has 1 fully saturated rings. The van der Waals surface area contributed by atoms with E-state index in [1.54, 1.807) is 18.5 Å². The molecule has 2 aromatic carbocycles. The van der Waals surface area contributed by atoms with E-state index in [9.17, 15) is 18.0 Å². The standard InChI is InChI=1S/C31H35N5O6S/c1-31(43(2,39)40,30(38)33-42-29-10-6-7-19-41-29)16-18-35-17-15-26(20-28(35)37)24-11-13-25(14-12-24)27-21-32-34-36(27)22-23-8-4-3-5-9-23/h3-5,8-9,11-15,17,20-21,29H,6-7,10,16,18-19,22H2,1-2H3,(H,33,38). The molecule has 1 N–H and O–H groups in total. The van der Waals surface area contributed by atoms with Gasteiger partial charge in [0.05, 0.1) is 18.4 Å². The number of aryl methyl sites for hydroxylation is 1. The zero-order chi connectivity index (χ0) is 30.5. The molecule has 1 amide bonds. The molecule has 1 saturated heterocycles. The first-order chi connectivity index (χ1) is 20.6. The van der Waals surface area contributed by atoms with Crippen LogP contribution in [0.15, 0.2) is 83.9 Å². The second-order valence-corrected chi connectivity index (χ2v) is 13.3. The van der Waals surface area contributed by atoms with E-state index in [1.807, 2.05) is 59.3 Å². The Morgan fingerprint density at radius 3 is 2.49 bits per heavy atom. The monoisotopic (exact) mass is 605 g/mol. The van der Waals surface area contributed by atoms with Crippen molar-refractivity contribution >= 4 is 15.7 Å². The number of hydrogen-bond donors (Lipinski definition) is 1. The Morgan fingerprint density at radius 2 is 1.81 bits per heavy atom. The highest BCUT2D eigenvalue weighted by Gasteiger charge is 2.44. The predicted molar refractivity (Wildman–Crippen MR) is 161 cm³/mol. The number of sulfone groups is 1. The SMILES string of the molecule is CC(CCn1ccc(-c2ccc(-c3cnnn3Cc3ccccc3)cc2)cc1=O)(C(=O)NOC1CCCCO1)S(C)(=O)=O. The molecule has 43 heavy (non-hydrogen) atoms. The van der Waals surface area contributed by atoms with Gasteiger partial charge in [-0.3, -0.25) is 9.59 Å². The summed E-state index contributed by atoms with van der Waals surface area (Å²) in [5.41, 5.74) is 6.45. The lowest BCUT2D eigenvalue weighted by Gasteiger charge is -2.28. The number of nitrogens with one attached hydrogen (secondary N) is 1. The highest BCUT2D eigenvalue weighted by Crippen LogP contribution is 2.26. The summed E-state index contributed by atoms with van der Waals surface area (Å²) in [5.74, 6) is -0.797. The highest BCUT2D eigenvalue weighted by molar-refractivity contribution is 7.92. The van der Waals surface area contributed by atoms with E-state index >= 15 is 0 Å². The Kier molecular flexibility index (Phi) is 9.19. The van der Waals surface area contributed by atoms with Crippen LogP contribution < -0.4 is 11.0 Å². The Hall–Kier alpha value is -4.13. The zero-order valence-corrected chi connectivity index (χ0v) is 25.0.